The number of carbonyl (C=O) groups is 3. The molecule has 2 aliphatic heterocycles. The number of hydrogen-bond acceptors (Lipinski definition) is 7. The van der Waals surface area contributed by atoms with Crippen molar-refractivity contribution >= 4 is 35.1 Å². The molecule has 29 heavy (non-hydrogen) atoms. The summed E-state index contributed by atoms with van der Waals surface area (Å²) in [6.45, 7) is 4.97. The molecular formula is C19H23ClN2O7. The Kier molecular flexibility index (Phi) is 7.07. The van der Waals surface area contributed by atoms with Gasteiger partial charge in [0.25, 0.3) is 5.91 Å². The van der Waals surface area contributed by atoms with E-state index >= 15 is 0 Å². The SMILES string of the molecule is CC(=O)OC(C(=O)O)C1OCCN(c2ccc(Cl)c(CN3CCOCC3)c2)C1=O. The molecule has 9 nitrogen and oxygen atoms in total. The van der Waals surface area contributed by atoms with Gasteiger partial charge in [0, 0.05) is 43.8 Å². The van der Waals surface area contributed by atoms with Gasteiger partial charge in [-0.2, -0.15) is 0 Å². The van der Waals surface area contributed by atoms with Gasteiger partial charge in [-0.25, -0.2) is 4.79 Å². The molecule has 3 rings (SSSR count). The molecule has 0 aromatic heterocycles. The van der Waals surface area contributed by atoms with Gasteiger partial charge in [-0.05, 0) is 23.8 Å². The number of carbonyl (C=O) groups excluding carboxylic acids is 2. The number of nitrogens with zero attached hydrogens (tertiary/aromatic N) is 2. The second-order valence-corrected chi connectivity index (χ2v) is 7.22. The van der Waals surface area contributed by atoms with Gasteiger partial charge in [-0.1, -0.05) is 11.6 Å². The maximum absolute atomic E-state index is 12.9. The number of rotatable bonds is 6. The zero-order valence-corrected chi connectivity index (χ0v) is 16.8. The molecule has 0 spiro atoms. The summed E-state index contributed by atoms with van der Waals surface area (Å²) in [7, 11) is 0. The van der Waals surface area contributed by atoms with E-state index in [9.17, 15) is 19.5 Å². The monoisotopic (exact) mass is 426 g/mol. The van der Waals surface area contributed by atoms with Crippen molar-refractivity contribution in [3.63, 3.8) is 0 Å². The van der Waals surface area contributed by atoms with Crippen molar-refractivity contribution in [3.8, 4) is 0 Å². The largest absolute Gasteiger partial charge is 0.478 e. The lowest BCUT2D eigenvalue weighted by molar-refractivity contribution is -0.177. The van der Waals surface area contributed by atoms with Crippen molar-refractivity contribution in [2.45, 2.75) is 25.7 Å². The first kappa shape index (κ1) is 21.5. The van der Waals surface area contributed by atoms with E-state index in [1.807, 2.05) is 6.07 Å². The summed E-state index contributed by atoms with van der Waals surface area (Å²) >= 11 is 6.35. The molecule has 2 unspecified atom stereocenters. The van der Waals surface area contributed by atoms with E-state index in [1.165, 1.54) is 4.90 Å². The van der Waals surface area contributed by atoms with Gasteiger partial charge in [0.2, 0.25) is 6.10 Å². The minimum atomic E-state index is -1.71. The summed E-state index contributed by atoms with van der Waals surface area (Å²) in [6.07, 6.45) is -3.12. The maximum Gasteiger partial charge on any atom is 0.348 e. The van der Waals surface area contributed by atoms with Gasteiger partial charge in [0.1, 0.15) is 0 Å². The Morgan fingerprint density at radius 2 is 2.00 bits per heavy atom. The average molecular weight is 427 g/mol. The van der Waals surface area contributed by atoms with Crippen LogP contribution in [-0.4, -0.2) is 79.5 Å². The summed E-state index contributed by atoms with van der Waals surface area (Å²) in [4.78, 5) is 39.3. The first-order chi connectivity index (χ1) is 13.9. The van der Waals surface area contributed by atoms with E-state index < -0.39 is 30.1 Å². The average Bonchev–Trinajstić information content (AvgIpc) is 2.69. The summed E-state index contributed by atoms with van der Waals surface area (Å²) < 4.78 is 15.5. The van der Waals surface area contributed by atoms with E-state index in [0.717, 1.165) is 25.6 Å². The molecule has 0 bridgehead atoms. The smallest absolute Gasteiger partial charge is 0.348 e. The zero-order chi connectivity index (χ0) is 21.0. The minimum Gasteiger partial charge on any atom is -0.478 e. The van der Waals surface area contributed by atoms with E-state index in [0.29, 0.717) is 30.5 Å². The Bertz CT molecular complexity index is 782. The third kappa shape index (κ3) is 5.24. The molecule has 158 valence electrons. The number of amides is 1. The molecule has 1 N–H and O–H groups in total. The van der Waals surface area contributed by atoms with Gasteiger partial charge in [-0.15, -0.1) is 0 Å². The van der Waals surface area contributed by atoms with Crippen molar-refractivity contribution in [1.29, 1.82) is 0 Å². The van der Waals surface area contributed by atoms with Crippen LogP contribution in [0.1, 0.15) is 12.5 Å². The van der Waals surface area contributed by atoms with E-state index in [4.69, 9.17) is 25.8 Å². The molecule has 2 heterocycles. The quantitative estimate of drug-likeness (QED) is 0.669. The Hall–Kier alpha value is -2.20. The molecule has 10 heteroatoms. The summed E-state index contributed by atoms with van der Waals surface area (Å²) in [5.41, 5.74) is 1.44. The molecule has 2 aliphatic rings. The molecule has 0 radical (unpaired) electrons. The lowest BCUT2D eigenvalue weighted by atomic mass is 10.1. The number of hydrogen-bond donors (Lipinski definition) is 1. The predicted octanol–water partition coefficient (Wildman–Crippen LogP) is 0.920. The normalized spacial score (nSPS) is 21.7. The molecule has 2 atom stereocenters. The van der Waals surface area contributed by atoms with Crippen molar-refractivity contribution in [3.05, 3.63) is 28.8 Å². The fraction of sp³-hybridized carbons (Fsp3) is 0.526. The van der Waals surface area contributed by atoms with Crippen LogP contribution in [-0.2, 0) is 35.1 Å². The molecular weight excluding hydrogens is 404 g/mol. The highest BCUT2D eigenvalue weighted by atomic mass is 35.5. The molecule has 0 aliphatic carbocycles. The van der Waals surface area contributed by atoms with Crippen LogP contribution in [0.15, 0.2) is 18.2 Å². The number of aliphatic carboxylic acids is 1. The Morgan fingerprint density at radius 1 is 1.28 bits per heavy atom. The van der Waals surface area contributed by atoms with Crippen LogP contribution in [0.25, 0.3) is 0 Å². The van der Waals surface area contributed by atoms with Crippen LogP contribution in [0.2, 0.25) is 5.02 Å². The van der Waals surface area contributed by atoms with Crippen LogP contribution in [0.5, 0.6) is 0 Å². The van der Waals surface area contributed by atoms with Gasteiger partial charge < -0.3 is 24.2 Å². The Morgan fingerprint density at radius 3 is 2.66 bits per heavy atom. The van der Waals surface area contributed by atoms with Gasteiger partial charge in [-0.3, -0.25) is 14.5 Å². The topological polar surface area (TPSA) is 106 Å². The highest BCUT2D eigenvalue weighted by molar-refractivity contribution is 6.31. The number of carboxylic acids is 1. The molecule has 1 aromatic rings. The first-order valence-electron chi connectivity index (χ1n) is 9.28. The maximum atomic E-state index is 12.9. The zero-order valence-electron chi connectivity index (χ0n) is 16.0. The van der Waals surface area contributed by atoms with Gasteiger partial charge >= 0.3 is 11.9 Å². The summed E-state index contributed by atoms with van der Waals surface area (Å²) in [5.74, 6) is -2.82. The molecule has 0 saturated carbocycles. The van der Waals surface area contributed by atoms with E-state index in [2.05, 4.69) is 4.90 Å². The molecule has 1 amide bonds. The van der Waals surface area contributed by atoms with Crippen LogP contribution < -0.4 is 4.90 Å². The number of esters is 1. The van der Waals surface area contributed by atoms with Crippen LogP contribution in [0.4, 0.5) is 5.69 Å². The van der Waals surface area contributed by atoms with Crippen molar-refractivity contribution in [2.24, 2.45) is 0 Å². The van der Waals surface area contributed by atoms with E-state index in [-0.39, 0.29) is 13.2 Å². The van der Waals surface area contributed by atoms with Crippen molar-refractivity contribution in [2.75, 3.05) is 44.4 Å². The summed E-state index contributed by atoms with van der Waals surface area (Å²) in [6, 6.07) is 5.23. The molecule has 2 fully saturated rings. The van der Waals surface area contributed by atoms with Crippen molar-refractivity contribution in [1.82, 2.24) is 4.90 Å². The first-order valence-corrected chi connectivity index (χ1v) is 9.66. The minimum absolute atomic E-state index is 0.114. The lowest BCUT2D eigenvalue weighted by Gasteiger charge is -2.35. The number of morpholine rings is 2. The Balaban J connectivity index is 1.80. The van der Waals surface area contributed by atoms with Crippen LogP contribution in [0.3, 0.4) is 0 Å². The number of anilines is 1. The highest BCUT2D eigenvalue weighted by Gasteiger charge is 2.42. The number of carboxylic acid groups (broad SMARTS) is 1. The standard InChI is InChI=1S/C19H23ClN2O7/c1-12(23)29-17(19(25)26)16-18(24)22(6-9-28-16)14-2-3-15(20)13(10-14)11-21-4-7-27-8-5-21/h2-3,10,16-17H,4-9,11H2,1H3,(H,25,26). The highest BCUT2D eigenvalue weighted by Crippen LogP contribution is 2.27. The number of benzene rings is 1. The van der Waals surface area contributed by atoms with Crippen LogP contribution in [0, 0.1) is 0 Å². The fourth-order valence-corrected chi connectivity index (χ4v) is 3.53. The van der Waals surface area contributed by atoms with E-state index in [1.54, 1.807) is 12.1 Å². The third-order valence-corrected chi connectivity index (χ3v) is 5.14. The predicted molar refractivity (Wildman–Crippen MR) is 103 cm³/mol. The van der Waals surface area contributed by atoms with Gasteiger partial charge in [0.05, 0.1) is 19.8 Å². The Labute approximate surface area is 173 Å². The molecule has 1 aromatic carbocycles. The van der Waals surface area contributed by atoms with Crippen LogP contribution >= 0.6 is 11.6 Å². The number of ether oxygens (including phenoxy) is 3. The number of halogens is 1. The van der Waals surface area contributed by atoms with Gasteiger partial charge in [0.15, 0.2) is 6.10 Å². The molecule has 2 saturated heterocycles. The second kappa shape index (κ2) is 9.53. The van der Waals surface area contributed by atoms with Crippen molar-refractivity contribution < 1.29 is 33.7 Å². The third-order valence-electron chi connectivity index (χ3n) is 4.77. The lowest BCUT2D eigenvalue weighted by Crippen LogP contribution is -2.55. The fourth-order valence-electron chi connectivity index (χ4n) is 3.35. The second-order valence-electron chi connectivity index (χ2n) is 6.81. The summed E-state index contributed by atoms with van der Waals surface area (Å²) in [5, 5.41) is 9.93.